The molecule has 1 N–H and O–H groups in total. The van der Waals surface area contributed by atoms with E-state index in [1.165, 1.54) is 0 Å². The van der Waals surface area contributed by atoms with Gasteiger partial charge >= 0.3 is 0 Å². The van der Waals surface area contributed by atoms with Gasteiger partial charge in [-0.15, -0.1) is 23.1 Å². The number of ether oxygens (including phenoxy) is 2. The van der Waals surface area contributed by atoms with Crippen molar-refractivity contribution in [2.75, 3.05) is 6.79 Å². The van der Waals surface area contributed by atoms with E-state index in [4.69, 9.17) is 21.1 Å². The van der Waals surface area contributed by atoms with Crippen molar-refractivity contribution in [3.8, 4) is 5.75 Å². The summed E-state index contributed by atoms with van der Waals surface area (Å²) < 4.78 is 10.9. The lowest BCUT2D eigenvalue weighted by Crippen LogP contribution is -2.13. The van der Waals surface area contributed by atoms with Crippen molar-refractivity contribution in [3.05, 3.63) is 54.9 Å². The van der Waals surface area contributed by atoms with Crippen LogP contribution in [0.1, 0.15) is 27.4 Å². The Bertz CT molecular complexity index is 1050. The van der Waals surface area contributed by atoms with Crippen LogP contribution in [0.25, 0.3) is 10.2 Å². The maximum atomic E-state index is 12.4. The molecule has 1 aliphatic heterocycles. The molecule has 0 atom stereocenters. The summed E-state index contributed by atoms with van der Waals surface area (Å²) >= 11 is 9.43. The monoisotopic (exact) mass is 408 g/mol. The van der Waals surface area contributed by atoms with Gasteiger partial charge in [-0.1, -0.05) is 11.6 Å². The molecule has 0 saturated heterocycles. The van der Waals surface area contributed by atoms with Gasteiger partial charge in [-0.25, -0.2) is 4.98 Å². The van der Waals surface area contributed by atoms with Gasteiger partial charge in [0.1, 0.15) is 16.4 Å². The molecule has 1 aliphatic rings. The fourth-order valence-corrected chi connectivity index (χ4v) is 5.17. The zero-order chi connectivity index (χ0) is 18.3. The van der Waals surface area contributed by atoms with Gasteiger partial charge in [0.25, 0.3) is 5.56 Å². The summed E-state index contributed by atoms with van der Waals surface area (Å²) in [5.41, 5.74) is 2.96. The number of thiophene rings is 1. The van der Waals surface area contributed by atoms with Crippen LogP contribution in [0.15, 0.2) is 16.9 Å². The largest absolute Gasteiger partial charge is 0.467 e. The van der Waals surface area contributed by atoms with Crippen molar-refractivity contribution >= 4 is 44.9 Å². The zero-order valence-corrected chi connectivity index (χ0v) is 16.7. The summed E-state index contributed by atoms with van der Waals surface area (Å²) in [5.74, 6) is 2.87. The van der Waals surface area contributed by atoms with Crippen LogP contribution in [0.3, 0.4) is 0 Å². The highest BCUT2D eigenvalue weighted by Gasteiger charge is 2.17. The first-order valence-corrected chi connectivity index (χ1v) is 10.5. The van der Waals surface area contributed by atoms with Gasteiger partial charge < -0.3 is 14.5 Å². The molecule has 8 heteroatoms. The number of halogens is 1. The van der Waals surface area contributed by atoms with Crippen molar-refractivity contribution in [2.45, 2.75) is 32.0 Å². The fourth-order valence-electron chi connectivity index (χ4n) is 2.99. The number of aryl methyl sites for hydroxylation is 2. The quantitative estimate of drug-likeness (QED) is 0.685. The van der Waals surface area contributed by atoms with Crippen LogP contribution in [0.2, 0.25) is 5.02 Å². The first-order chi connectivity index (χ1) is 12.5. The van der Waals surface area contributed by atoms with E-state index in [1.807, 2.05) is 26.0 Å². The number of hydrogen-bond acceptors (Lipinski definition) is 6. The van der Waals surface area contributed by atoms with Crippen molar-refractivity contribution in [1.82, 2.24) is 9.97 Å². The molecule has 0 saturated carbocycles. The maximum absolute atomic E-state index is 12.4. The molecule has 0 amide bonds. The van der Waals surface area contributed by atoms with Crippen LogP contribution in [0, 0.1) is 13.8 Å². The van der Waals surface area contributed by atoms with Gasteiger partial charge in [-0.05, 0) is 31.5 Å². The van der Waals surface area contributed by atoms with Gasteiger partial charge in [0, 0.05) is 26.8 Å². The highest BCUT2D eigenvalue weighted by Crippen LogP contribution is 2.34. The highest BCUT2D eigenvalue weighted by atomic mass is 35.5. The molecule has 26 heavy (non-hydrogen) atoms. The lowest BCUT2D eigenvalue weighted by molar-refractivity contribution is -0.0168. The van der Waals surface area contributed by atoms with E-state index >= 15 is 0 Å². The van der Waals surface area contributed by atoms with Gasteiger partial charge in [0.05, 0.1) is 17.7 Å². The van der Waals surface area contributed by atoms with Gasteiger partial charge in [0.15, 0.2) is 6.79 Å². The maximum Gasteiger partial charge on any atom is 0.259 e. The van der Waals surface area contributed by atoms with E-state index in [0.717, 1.165) is 32.1 Å². The van der Waals surface area contributed by atoms with E-state index < -0.39 is 0 Å². The van der Waals surface area contributed by atoms with E-state index in [-0.39, 0.29) is 12.4 Å². The number of aromatic amines is 1. The number of H-pyrrole nitrogens is 1. The van der Waals surface area contributed by atoms with Crippen LogP contribution >= 0.6 is 34.7 Å². The number of benzene rings is 1. The number of nitrogens with one attached hydrogen (secondary N) is 1. The predicted molar refractivity (Wildman–Crippen MR) is 106 cm³/mol. The van der Waals surface area contributed by atoms with Crippen LogP contribution in [0.5, 0.6) is 5.75 Å². The second kappa shape index (κ2) is 7.23. The average molecular weight is 409 g/mol. The van der Waals surface area contributed by atoms with Crippen LogP contribution < -0.4 is 10.3 Å². The molecule has 5 nitrogen and oxygen atoms in total. The molecule has 4 rings (SSSR count). The highest BCUT2D eigenvalue weighted by molar-refractivity contribution is 7.97. The molecular formula is C18H17ClN2O3S2. The molecule has 2 aromatic heterocycles. The van der Waals surface area contributed by atoms with E-state index in [0.29, 0.717) is 34.3 Å². The third-order valence-electron chi connectivity index (χ3n) is 4.34. The van der Waals surface area contributed by atoms with E-state index in [1.54, 1.807) is 23.1 Å². The van der Waals surface area contributed by atoms with Crippen molar-refractivity contribution in [1.29, 1.82) is 0 Å². The third-order valence-corrected chi connectivity index (χ3v) is 6.65. The second-order valence-corrected chi connectivity index (χ2v) is 8.76. The minimum absolute atomic E-state index is 0.0620. The Kier molecular flexibility index (Phi) is 4.96. The van der Waals surface area contributed by atoms with Crippen LogP contribution in [-0.4, -0.2) is 16.8 Å². The predicted octanol–water partition coefficient (Wildman–Crippen LogP) is 4.55. The third kappa shape index (κ3) is 3.36. The summed E-state index contributed by atoms with van der Waals surface area (Å²) in [6.07, 6.45) is 0. The first kappa shape index (κ1) is 17.9. The smallest absolute Gasteiger partial charge is 0.259 e. The Morgan fingerprint density at radius 2 is 2.19 bits per heavy atom. The Balaban J connectivity index is 1.53. The molecule has 136 valence electrons. The molecule has 3 aromatic rings. The minimum atomic E-state index is -0.0620. The van der Waals surface area contributed by atoms with Crippen LogP contribution in [0.4, 0.5) is 0 Å². The molecule has 0 aliphatic carbocycles. The Morgan fingerprint density at radius 1 is 1.35 bits per heavy atom. The Hall–Kier alpha value is -1.54. The first-order valence-electron chi connectivity index (χ1n) is 8.11. The van der Waals surface area contributed by atoms with Crippen molar-refractivity contribution in [3.63, 3.8) is 0 Å². The molecule has 1 aromatic carbocycles. The summed E-state index contributed by atoms with van der Waals surface area (Å²) in [6, 6.07) is 3.79. The molecule has 0 spiro atoms. The molecule has 0 bridgehead atoms. The summed E-state index contributed by atoms with van der Waals surface area (Å²) in [6.45, 7) is 4.75. The number of rotatable bonds is 4. The molecule has 3 heterocycles. The SMILES string of the molecule is Cc1sc2nc(CSCc3cc(Cl)cc4c3OCOC4)[nH]c(=O)c2c1C. The number of fused-ring (bicyclic) bond motifs is 2. The summed E-state index contributed by atoms with van der Waals surface area (Å²) in [5, 5.41) is 1.38. The lowest BCUT2D eigenvalue weighted by Gasteiger charge is -2.21. The van der Waals surface area contributed by atoms with Gasteiger partial charge in [-0.2, -0.15) is 0 Å². The molecule has 0 fully saturated rings. The zero-order valence-electron chi connectivity index (χ0n) is 14.3. The number of thioether (sulfide) groups is 1. The van der Waals surface area contributed by atoms with Crippen molar-refractivity contribution in [2.24, 2.45) is 0 Å². The summed E-state index contributed by atoms with van der Waals surface area (Å²) in [4.78, 5) is 21.8. The molecular weight excluding hydrogens is 392 g/mol. The number of nitrogens with zero attached hydrogens (tertiary/aromatic N) is 1. The Labute approximate surface area is 163 Å². The molecule has 0 unspecified atom stereocenters. The van der Waals surface area contributed by atoms with Crippen LogP contribution in [-0.2, 0) is 22.8 Å². The van der Waals surface area contributed by atoms with Crippen molar-refractivity contribution < 1.29 is 9.47 Å². The Morgan fingerprint density at radius 3 is 3.04 bits per heavy atom. The topological polar surface area (TPSA) is 64.2 Å². The molecule has 0 radical (unpaired) electrons. The standard InChI is InChI=1S/C18H17ClN2O3S2/c1-9-10(2)26-18-15(9)17(22)20-14(21-18)7-25-6-12-4-13(19)3-11-5-23-8-24-16(11)12/h3-4H,5-8H2,1-2H3,(H,20,21,22). The fraction of sp³-hybridized carbons (Fsp3) is 0.333. The van der Waals surface area contributed by atoms with E-state index in [2.05, 4.69) is 9.97 Å². The summed E-state index contributed by atoms with van der Waals surface area (Å²) in [7, 11) is 0. The normalized spacial score (nSPS) is 13.7. The van der Waals surface area contributed by atoms with E-state index in [9.17, 15) is 4.79 Å². The lowest BCUT2D eigenvalue weighted by atomic mass is 10.1. The minimum Gasteiger partial charge on any atom is -0.467 e. The average Bonchev–Trinajstić information content (AvgIpc) is 2.89. The number of hydrogen-bond donors (Lipinski definition) is 1. The van der Waals surface area contributed by atoms with Gasteiger partial charge in [0.2, 0.25) is 0 Å². The second-order valence-electron chi connectivity index (χ2n) is 6.13. The number of aromatic nitrogens is 2. The van der Waals surface area contributed by atoms with Gasteiger partial charge in [-0.3, -0.25) is 4.79 Å².